The van der Waals surface area contributed by atoms with Crippen molar-refractivity contribution in [3.8, 4) is 17.0 Å². The van der Waals surface area contributed by atoms with Crippen LogP contribution >= 0.6 is 0 Å². The lowest BCUT2D eigenvalue weighted by Crippen LogP contribution is -2.03. The highest BCUT2D eigenvalue weighted by Gasteiger charge is 2.11. The molecule has 4 heteroatoms. The smallest absolute Gasteiger partial charge is 0.133 e. The highest BCUT2D eigenvalue weighted by Crippen LogP contribution is 2.29. The minimum Gasteiger partial charge on any atom is -0.496 e. The number of hydrogen-bond acceptors (Lipinski definition) is 4. The van der Waals surface area contributed by atoms with Crippen molar-refractivity contribution in [2.45, 2.75) is 19.8 Å². The largest absolute Gasteiger partial charge is 0.496 e. The Hall–Kier alpha value is -2.10. The van der Waals surface area contributed by atoms with E-state index in [0.29, 0.717) is 5.82 Å². The van der Waals surface area contributed by atoms with E-state index in [9.17, 15) is 0 Å². The van der Waals surface area contributed by atoms with Crippen molar-refractivity contribution in [3.63, 3.8) is 0 Å². The molecule has 94 valence electrons. The quantitative estimate of drug-likeness (QED) is 0.900. The zero-order chi connectivity index (χ0) is 13.1. The van der Waals surface area contributed by atoms with Gasteiger partial charge in [-0.25, -0.2) is 9.97 Å². The molecule has 0 spiro atoms. The molecular weight excluding hydrogens is 226 g/mol. The van der Waals surface area contributed by atoms with Crippen LogP contribution in [0.25, 0.3) is 11.3 Å². The number of rotatable bonds is 3. The topological polar surface area (TPSA) is 61.0 Å². The van der Waals surface area contributed by atoms with Gasteiger partial charge in [0.1, 0.15) is 17.4 Å². The summed E-state index contributed by atoms with van der Waals surface area (Å²) in [7, 11) is 1.65. The van der Waals surface area contributed by atoms with Crippen molar-refractivity contribution < 1.29 is 4.74 Å². The number of nitrogens with two attached hydrogens (primary N) is 1. The van der Waals surface area contributed by atoms with Gasteiger partial charge in [0.25, 0.3) is 0 Å². The average molecular weight is 243 g/mol. The van der Waals surface area contributed by atoms with Gasteiger partial charge in [-0.15, -0.1) is 0 Å². The number of ether oxygens (including phenoxy) is 1. The fraction of sp³-hybridized carbons (Fsp3) is 0.286. The summed E-state index contributed by atoms with van der Waals surface area (Å²) in [6.07, 6.45) is 0. The summed E-state index contributed by atoms with van der Waals surface area (Å²) >= 11 is 0. The first-order valence-corrected chi connectivity index (χ1v) is 5.89. The summed E-state index contributed by atoms with van der Waals surface area (Å²) < 4.78 is 5.34. The second kappa shape index (κ2) is 5.04. The highest BCUT2D eigenvalue weighted by atomic mass is 16.5. The fourth-order valence-electron chi connectivity index (χ4n) is 1.74. The molecule has 0 aliphatic rings. The summed E-state index contributed by atoms with van der Waals surface area (Å²) in [4.78, 5) is 8.78. The molecule has 0 saturated heterocycles. The van der Waals surface area contributed by atoms with Crippen LogP contribution in [0, 0.1) is 0 Å². The molecular formula is C14H17N3O. The maximum absolute atomic E-state index is 5.83. The standard InChI is InChI=1S/C14H17N3O/c1-9(2)14-16-11(8-13(15)17-14)10-6-4-5-7-12(10)18-3/h4-9H,1-3H3,(H2,15,16,17). The summed E-state index contributed by atoms with van der Waals surface area (Å²) in [6.45, 7) is 4.08. The van der Waals surface area contributed by atoms with Gasteiger partial charge in [-0.1, -0.05) is 26.0 Å². The van der Waals surface area contributed by atoms with E-state index in [1.165, 1.54) is 0 Å². The number of anilines is 1. The third-order valence-corrected chi connectivity index (χ3v) is 2.66. The Morgan fingerprint density at radius 1 is 1.17 bits per heavy atom. The summed E-state index contributed by atoms with van der Waals surface area (Å²) in [6, 6.07) is 9.51. The van der Waals surface area contributed by atoms with E-state index < -0.39 is 0 Å². The Labute approximate surface area is 107 Å². The molecule has 0 atom stereocenters. The van der Waals surface area contributed by atoms with Crippen molar-refractivity contribution in [1.29, 1.82) is 0 Å². The van der Waals surface area contributed by atoms with Gasteiger partial charge in [-0.2, -0.15) is 0 Å². The van der Waals surface area contributed by atoms with Crippen molar-refractivity contribution in [3.05, 3.63) is 36.2 Å². The van der Waals surface area contributed by atoms with Gasteiger partial charge in [-0.05, 0) is 12.1 Å². The lowest BCUT2D eigenvalue weighted by atomic mass is 10.1. The van der Waals surface area contributed by atoms with Crippen molar-refractivity contribution in [2.75, 3.05) is 12.8 Å². The van der Waals surface area contributed by atoms with E-state index in [2.05, 4.69) is 9.97 Å². The van der Waals surface area contributed by atoms with Crippen LogP contribution in [0.1, 0.15) is 25.6 Å². The number of hydrogen-bond donors (Lipinski definition) is 1. The van der Waals surface area contributed by atoms with E-state index in [0.717, 1.165) is 22.8 Å². The number of nitrogen functional groups attached to an aromatic ring is 1. The van der Waals surface area contributed by atoms with Gasteiger partial charge >= 0.3 is 0 Å². The van der Waals surface area contributed by atoms with E-state index in [-0.39, 0.29) is 5.92 Å². The summed E-state index contributed by atoms with van der Waals surface area (Å²) in [5.41, 5.74) is 7.56. The number of aromatic nitrogens is 2. The Bertz CT molecular complexity index is 552. The number of nitrogens with zero attached hydrogens (tertiary/aromatic N) is 2. The van der Waals surface area contributed by atoms with Crippen molar-refractivity contribution >= 4 is 5.82 Å². The van der Waals surface area contributed by atoms with E-state index in [1.807, 2.05) is 38.1 Å². The zero-order valence-corrected chi connectivity index (χ0v) is 10.8. The lowest BCUT2D eigenvalue weighted by molar-refractivity contribution is 0.416. The average Bonchev–Trinajstić information content (AvgIpc) is 2.38. The van der Waals surface area contributed by atoms with Gasteiger partial charge < -0.3 is 10.5 Å². The molecule has 1 aromatic carbocycles. The van der Waals surface area contributed by atoms with Gasteiger partial charge in [0, 0.05) is 17.5 Å². The molecule has 0 radical (unpaired) electrons. The molecule has 2 N–H and O–H groups in total. The molecule has 1 aromatic heterocycles. The summed E-state index contributed by atoms with van der Waals surface area (Å²) in [5, 5.41) is 0. The normalized spacial score (nSPS) is 10.7. The second-order valence-corrected chi connectivity index (χ2v) is 4.39. The molecule has 0 aliphatic heterocycles. The number of methoxy groups -OCH3 is 1. The van der Waals surface area contributed by atoms with Gasteiger partial charge in [0.2, 0.25) is 0 Å². The van der Waals surface area contributed by atoms with Crippen LogP contribution < -0.4 is 10.5 Å². The Balaban J connectivity index is 2.56. The molecule has 0 fully saturated rings. The van der Waals surface area contributed by atoms with Crippen LogP contribution in [0.5, 0.6) is 5.75 Å². The molecule has 0 saturated carbocycles. The summed E-state index contributed by atoms with van der Waals surface area (Å²) in [5.74, 6) is 2.25. The minimum absolute atomic E-state index is 0.238. The number of benzene rings is 1. The Morgan fingerprint density at radius 3 is 2.56 bits per heavy atom. The van der Waals surface area contributed by atoms with Gasteiger partial charge in [-0.3, -0.25) is 0 Å². The Morgan fingerprint density at radius 2 is 1.89 bits per heavy atom. The first-order chi connectivity index (χ1) is 8.61. The van der Waals surface area contributed by atoms with E-state index >= 15 is 0 Å². The van der Waals surface area contributed by atoms with E-state index in [4.69, 9.17) is 10.5 Å². The van der Waals surface area contributed by atoms with Crippen LogP contribution in [0.2, 0.25) is 0 Å². The van der Waals surface area contributed by atoms with E-state index in [1.54, 1.807) is 13.2 Å². The molecule has 18 heavy (non-hydrogen) atoms. The predicted octanol–water partition coefficient (Wildman–Crippen LogP) is 2.86. The number of para-hydroxylation sites is 1. The predicted molar refractivity (Wildman–Crippen MR) is 72.5 cm³/mol. The minimum atomic E-state index is 0.238. The van der Waals surface area contributed by atoms with Crippen LogP contribution in [0.4, 0.5) is 5.82 Å². The molecule has 0 unspecified atom stereocenters. The second-order valence-electron chi connectivity index (χ2n) is 4.39. The third-order valence-electron chi connectivity index (χ3n) is 2.66. The maximum Gasteiger partial charge on any atom is 0.133 e. The van der Waals surface area contributed by atoms with Gasteiger partial charge in [0.15, 0.2) is 0 Å². The SMILES string of the molecule is COc1ccccc1-c1cc(N)nc(C(C)C)n1. The molecule has 0 aliphatic carbocycles. The van der Waals surface area contributed by atoms with Crippen LogP contribution in [0.15, 0.2) is 30.3 Å². The van der Waals surface area contributed by atoms with Gasteiger partial charge in [0.05, 0.1) is 12.8 Å². The monoisotopic (exact) mass is 243 g/mol. The van der Waals surface area contributed by atoms with Crippen molar-refractivity contribution in [2.24, 2.45) is 0 Å². The first-order valence-electron chi connectivity index (χ1n) is 5.89. The molecule has 0 amide bonds. The molecule has 2 aromatic rings. The molecule has 2 rings (SSSR count). The lowest BCUT2D eigenvalue weighted by Gasteiger charge is -2.11. The van der Waals surface area contributed by atoms with Crippen LogP contribution in [0.3, 0.4) is 0 Å². The molecule has 4 nitrogen and oxygen atoms in total. The highest BCUT2D eigenvalue weighted by molar-refractivity contribution is 5.68. The maximum atomic E-state index is 5.83. The van der Waals surface area contributed by atoms with Crippen molar-refractivity contribution in [1.82, 2.24) is 9.97 Å². The van der Waals surface area contributed by atoms with Crippen LogP contribution in [-0.2, 0) is 0 Å². The zero-order valence-electron chi connectivity index (χ0n) is 10.8. The fourth-order valence-corrected chi connectivity index (χ4v) is 1.74. The molecule has 1 heterocycles. The Kier molecular flexibility index (Phi) is 3.46. The molecule has 0 bridgehead atoms. The third kappa shape index (κ3) is 2.42. The van der Waals surface area contributed by atoms with Crippen LogP contribution in [-0.4, -0.2) is 17.1 Å². The first kappa shape index (κ1) is 12.4.